The fourth-order valence-electron chi connectivity index (χ4n) is 1.68. The lowest BCUT2D eigenvalue weighted by Gasteiger charge is -2.24. The van der Waals surface area contributed by atoms with Gasteiger partial charge in [-0.25, -0.2) is 0 Å². The highest BCUT2D eigenvalue weighted by molar-refractivity contribution is 5.28. The summed E-state index contributed by atoms with van der Waals surface area (Å²) < 4.78 is 4.98. The third kappa shape index (κ3) is 2.27. The van der Waals surface area contributed by atoms with E-state index >= 15 is 0 Å². The largest absolute Gasteiger partial charge is 0.394 e. The zero-order valence-corrected chi connectivity index (χ0v) is 8.59. The molecule has 0 aromatic carbocycles. The first-order valence-electron chi connectivity index (χ1n) is 5.26. The Kier molecular flexibility index (Phi) is 3.17. The van der Waals surface area contributed by atoms with Crippen molar-refractivity contribution < 1.29 is 9.63 Å². The number of hydrogen-bond donors (Lipinski definition) is 2. The van der Waals surface area contributed by atoms with E-state index in [-0.39, 0.29) is 6.61 Å². The molecule has 1 aliphatic heterocycles. The molecule has 1 fully saturated rings. The summed E-state index contributed by atoms with van der Waals surface area (Å²) in [4.78, 5) is 6.25. The van der Waals surface area contributed by atoms with Gasteiger partial charge in [0.2, 0.25) is 5.89 Å². The maximum atomic E-state index is 8.84. The van der Waals surface area contributed by atoms with Crippen molar-refractivity contribution in [1.82, 2.24) is 10.1 Å². The number of piperidine rings is 1. The minimum atomic E-state index is -0.573. The summed E-state index contributed by atoms with van der Waals surface area (Å²) >= 11 is 0. The van der Waals surface area contributed by atoms with Crippen molar-refractivity contribution in [1.29, 1.82) is 0 Å². The molecule has 6 nitrogen and oxygen atoms in total. The Morgan fingerprint density at radius 1 is 1.40 bits per heavy atom. The van der Waals surface area contributed by atoms with Gasteiger partial charge >= 0.3 is 0 Å². The van der Waals surface area contributed by atoms with Gasteiger partial charge in [-0.15, -0.1) is 0 Å². The minimum Gasteiger partial charge on any atom is -0.394 e. The number of aliphatic hydroxyl groups excluding tert-OH is 1. The molecule has 0 aliphatic carbocycles. The summed E-state index contributed by atoms with van der Waals surface area (Å²) in [7, 11) is 0. The molecule has 1 atom stereocenters. The highest BCUT2D eigenvalue weighted by Crippen LogP contribution is 2.17. The lowest BCUT2D eigenvalue weighted by molar-refractivity contribution is 0.237. The molecule has 2 rings (SSSR count). The van der Waals surface area contributed by atoms with Crippen LogP contribution in [0, 0.1) is 0 Å². The Morgan fingerprint density at radius 3 is 2.80 bits per heavy atom. The average molecular weight is 212 g/mol. The predicted octanol–water partition coefficient (Wildman–Crippen LogP) is 0.0520. The van der Waals surface area contributed by atoms with Crippen LogP contribution < -0.4 is 10.6 Å². The Bertz CT molecular complexity index is 309. The molecule has 1 aliphatic rings. The van der Waals surface area contributed by atoms with Crippen LogP contribution in [0.25, 0.3) is 0 Å². The zero-order valence-electron chi connectivity index (χ0n) is 8.59. The van der Waals surface area contributed by atoms with Crippen LogP contribution in [-0.2, 0) is 0 Å². The van der Waals surface area contributed by atoms with E-state index in [0.717, 1.165) is 25.9 Å². The fourth-order valence-corrected chi connectivity index (χ4v) is 1.68. The molecule has 0 radical (unpaired) electrons. The molecule has 1 aromatic rings. The van der Waals surface area contributed by atoms with Crippen LogP contribution in [0.15, 0.2) is 4.52 Å². The van der Waals surface area contributed by atoms with Gasteiger partial charge in [0.25, 0.3) is 5.95 Å². The van der Waals surface area contributed by atoms with E-state index in [1.165, 1.54) is 6.42 Å². The number of aliphatic hydroxyl groups is 1. The van der Waals surface area contributed by atoms with Gasteiger partial charge in [-0.05, 0) is 24.4 Å². The lowest BCUT2D eigenvalue weighted by Crippen LogP contribution is -2.30. The van der Waals surface area contributed by atoms with E-state index < -0.39 is 6.04 Å². The fraction of sp³-hybridized carbons (Fsp3) is 0.778. The second kappa shape index (κ2) is 4.59. The number of rotatable bonds is 3. The van der Waals surface area contributed by atoms with Crippen molar-refractivity contribution in [3.8, 4) is 0 Å². The second-order valence-electron chi connectivity index (χ2n) is 3.77. The normalized spacial score (nSPS) is 19.2. The van der Waals surface area contributed by atoms with E-state index in [2.05, 4.69) is 15.0 Å². The molecule has 1 saturated heterocycles. The van der Waals surface area contributed by atoms with Gasteiger partial charge in [-0.2, -0.15) is 4.98 Å². The standard InChI is InChI=1S/C9H16N4O2/c10-7(6-14)8-11-9(12-15-8)13-4-2-1-3-5-13/h7,14H,1-6,10H2/t7-/m1/s1. The van der Waals surface area contributed by atoms with Gasteiger partial charge in [0, 0.05) is 13.1 Å². The van der Waals surface area contributed by atoms with Crippen molar-refractivity contribution in [2.45, 2.75) is 25.3 Å². The van der Waals surface area contributed by atoms with Crippen molar-refractivity contribution in [3.63, 3.8) is 0 Å². The van der Waals surface area contributed by atoms with Gasteiger partial charge in [-0.1, -0.05) is 0 Å². The first-order valence-corrected chi connectivity index (χ1v) is 5.26. The highest BCUT2D eigenvalue weighted by Gasteiger charge is 2.19. The number of hydrogen-bond acceptors (Lipinski definition) is 6. The van der Waals surface area contributed by atoms with Crippen molar-refractivity contribution in [2.24, 2.45) is 5.73 Å². The summed E-state index contributed by atoms with van der Waals surface area (Å²) in [5.41, 5.74) is 5.57. The first kappa shape index (κ1) is 10.4. The quantitative estimate of drug-likeness (QED) is 0.736. The van der Waals surface area contributed by atoms with Crippen LogP contribution in [0.5, 0.6) is 0 Å². The van der Waals surface area contributed by atoms with Gasteiger partial charge in [-0.3, -0.25) is 0 Å². The van der Waals surface area contributed by atoms with Crippen molar-refractivity contribution >= 4 is 5.95 Å². The Balaban J connectivity index is 2.05. The number of nitrogens with two attached hydrogens (primary N) is 1. The molecule has 0 amide bonds. The zero-order chi connectivity index (χ0) is 10.7. The van der Waals surface area contributed by atoms with Crippen LogP contribution in [0.4, 0.5) is 5.95 Å². The van der Waals surface area contributed by atoms with Crippen LogP contribution in [-0.4, -0.2) is 34.9 Å². The van der Waals surface area contributed by atoms with E-state index in [1.807, 2.05) is 0 Å². The Hall–Kier alpha value is -1.14. The molecule has 0 bridgehead atoms. The maximum absolute atomic E-state index is 8.84. The second-order valence-corrected chi connectivity index (χ2v) is 3.77. The molecule has 1 aromatic heterocycles. The molecule has 0 unspecified atom stereocenters. The van der Waals surface area contributed by atoms with Crippen LogP contribution in [0.1, 0.15) is 31.2 Å². The molecular formula is C9H16N4O2. The molecule has 3 N–H and O–H groups in total. The van der Waals surface area contributed by atoms with E-state index in [9.17, 15) is 0 Å². The van der Waals surface area contributed by atoms with E-state index in [1.54, 1.807) is 0 Å². The van der Waals surface area contributed by atoms with Crippen molar-refractivity contribution in [2.75, 3.05) is 24.6 Å². The Morgan fingerprint density at radius 2 is 2.13 bits per heavy atom. The summed E-state index contributed by atoms with van der Waals surface area (Å²) in [6.45, 7) is 1.75. The molecule has 2 heterocycles. The smallest absolute Gasteiger partial charge is 0.266 e. The minimum absolute atomic E-state index is 0.179. The van der Waals surface area contributed by atoms with Crippen LogP contribution in [0.2, 0.25) is 0 Å². The third-order valence-electron chi connectivity index (χ3n) is 2.58. The maximum Gasteiger partial charge on any atom is 0.266 e. The molecular weight excluding hydrogens is 196 g/mol. The molecule has 84 valence electrons. The highest BCUT2D eigenvalue weighted by atomic mass is 16.5. The van der Waals surface area contributed by atoms with Crippen LogP contribution >= 0.6 is 0 Å². The van der Waals surface area contributed by atoms with Crippen molar-refractivity contribution in [3.05, 3.63) is 5.89 Å². The Labute approximate surface area is 88.1 Å². The molecule has 6 heteroatoms. The number of nitrogens with zero attached hydrogens (tertiary/aromatic N) is 3. The lowest BCUT2D eigenvalue weighted by atomic mass is 10.1. The third-order valence-corrected chi connectivity index (χ3v) is 2.58. The topological polar surface area (TPSA) is 88.4 Å². The molecule has 15 heavy (non-hydrogen) atoms. The summed E-state index contributed by atoms with van der Waals surface area (Å²) in [6.07, 6.45) is 3.59. The SMILES string of the molecule is N[C@H](CO)c1nc(N2CCCCC2)no1. The van der Waals surface area contributed by atoms with Gasteiger partial charge in [0.1, 0.15) is 6.04 Å². The van der Waals surface area contributed by atoms with Gasteiger partial charge < -0.3 is 20.3 Å². The summed E-state index contributed by atoms with van der Waals surface area (Å²) in [6, 6.07) is -0.573. The van der Waals surface area contributed by atoms with Gasteiger partial charge in [0.05, 0.1) is 6.61 Å². The predicted molar refractivity (Wildman–Crippen MR) is 54.4 cm³/mol. The molecule has 0 spiro atoms. The number of anilines is 1. The summed E-state index contributed by atoms with van der Waals surface area (Å²) in [5, 5.41) is 12.7. The first-order chi connectivity index (χ1) is 7.31. The van der Waals surface area contributed by atoms with E-state index in [0.29, 0.717) is 11.8 Å². The molecule has 0 saturated carbocycles. The van der Waals surface area contributed by atoms with Gasteiger partial charge in [0.15, 0.2) is 0 Å². The monoisotopic (exact) mass is 212 g/mol. The van der Waals surface area contributed by atoms with E-state index in [4.69, 9.17) is 15.4 Å². The average Bonchev–Trinajstić information content (AvgIpc) is 2.78. The number of aromatic nitrogens is 2. The van der Waals surface area contributed by atoms with Crippen LogP contribution in [0.3, 0.4) is 0 Å². The summed E-state index contributed by atoms with van der Waals surface area (Å²) in [5.74, 6) is 0.895.